The van der Waals surface area contributed by atoms with E-state index in [0.29, 0.717) is 11.4 Å². The minimum absolute atomic E-state index is 0.393. The van der Waals surface area contributed by atoms with E-state index in [-0.39, 0.29) is 0 Å². The van der Waals surface area contributed by atoms with Crippen molar-refractivity contribution in [3.8, 4) is 0 Å². The van der Waals surface area contributed by atoms with Gasteiger partial charge in [-0.2, -0.15) is 18.3 Å². The molecule has 0 radical (unpaired) electrons. The zero-order valence-corrected chi connectivity index (χ0v) is 10.3. The van der Waals surface area contributed by atoms with E-state index in [4.69, 9.17) is 0 Å². The second kappa shape index (κ2) is 5.37. The number of halogens is 3. The second-order valence-electron chi connectivity index (χ2n) is 4.19. The molecule has 0 fully saturated rings. The number of aromatic nitrogens is 2. The average molecular weight is 279 g/mol. The monoisotopic (exact) mass is 279 g/mol. The number of nitrogens with zero attached hydrogens (tertiary/aromatic N) is 3. The molecule has 1 heterocycles. The van der Waals surface area contributed by atoms with Crippen molar-refractivity contribution in [3.05, 3.63) is 27.6 Å². The van der Waals surface area contributed by atoms with Crippen molar-refractivity contribution in [2.45, 2.75) is 26.4 Å². The molecule has 0 aliphatic carbocycles. The van der Waals surface area contributed by atoms with E-state index in [1.54, 1.807) is 6.92 Å². The quantitative estimate of drug-likeness (QED) is 0.623. The van der Waals surface area contributed by atoms with Crippen LogP contribution in [0, 0.1) is 29.9 Å². The Balaban J connectivity index is 2.88. The molecule has 0 aromatic carbocycles. The summed E-state index contributed by atoms with van der Waals surface area (Å²) in [7, 11) is 0. The van der Waals surface area contributed by atoms with Crippen LogP contribution in [0.1, 0.15) is 22.6 Å². The molecular formula is C10H12F3N3O3. The van der Waals surface area contributed by atoms with Gasteiger partial charge in [-0.15, -0.1) is 0 Å². The average Bonchev–Trinajstić information content (AvgIpc) is 2.54. The molecule has 1 rings (SSSR count). The Morgan fingerprint density at radius 3 is 2.47 bits per heavy atom. The molecular weight excluding hydrogens is 267 g/mol. The fraction of sp³-hybridized carbons (Fsp3) is 0.600. The van der Waals surface area contributed by atoms with Gasteiger partial charge in [0.25, 0.3) is 0 Å². The zero-order valence-electron chi connectivity index (χ0n) is 10.3. The van der Waals surface area contributed by atoms with E-state index >= 15 is 0 Å². The lowest BCUT2D eigenvalue weighted by Gasteiger charge is -2.15. The third kappa shape index (κ3) is 4.04. The highest BCUT2D eigenvalue weighted by atomic mass is 19.4. The van der Waals surface area contributed by atoms with E-state index in [1.165, 1.54) is 13.0 Å². The van der Waals surface area contributed by atoms with E-state index in [1.807, 2.05) is 0 Å². The predicted molar refractivity (Wildman–Crippen MR) is 58.4 cm³/mol. The summed E-state index contributed by atoms with van der Waals surface area (Å²) < 4.78 is 38.6. The van der Waals surface area contributed by atoms with Gasteiger partial charge in [-0.1, -0.05) is 0 Å². The Kier molecular flexibility index (Phi) is 4.28. The van der Waals surface area contributed by atoms with Gasteiger partial charge in [0.15, 0.2) is 0 Å². The largest absolute Gasteiger partial charge is 0.398 e. The maximum absolute atomic E-state index is 12.6. The summed E-state index contributed by atoms with van der Waals surface area (Å²) in [5, 5.41) is 14.0. The molecule has 0 aliphatic heterocycles. The molecule has 0 aliphatic rings. The van der Waals surface area contributed by atoms with Crippen LogP contribution in [0.3, 0.4) is 0 Å². The molecule has 0 saturated carbocycles. The van der Waals surface area contributed by atoms with Crippen LogP contribution in [0.4, 0.5) is 13.2 Å². The maximum atomic E-state index is 12.6. The van der Waals surface area contributed by atoms with E-state index in [9.17, 15) is 28.1 Å². The predicted octanol–water partition coefficient (Wildman–Crippen LogP) is 1.99. The van der Waals surface area contributed by atoms with Crippen molar-refractivity contribution in [1.29, 1.82) is 0 Å². The smallest absolute Gasteiger partial charge is 0.273 e. The molecule has 0 N–H and O–H groups in total. The van der Waals surface area contributed by atoms with Gasteiger partial charge in [0, 0.05) is 17.0 Å². The first kappa shape index (κ1) is 15.1. The zero-order chi connectivity index (χ0) is 14.8. The number of rotatable bonds is 4. The maximum Gasteiger partial charge on any atom is 0.398 e. The third-order valence-corrected chi connectivity index (χ3v) is 2.50. The van der Waals surface area contributed by atoms with Crippen LogP contribution >= 0.6 is 0 Å². The summed E-state index contributed by atoms with van der Waals surface area (Å²) >= 11 is 0. The molecule has 0 spiro atoms. The highest BCUT2D eigenvalue weighted by Gasteiger charge is 2.44. The number of aryl methyl sites for hydroxylation is 2. The first-order chi connectivity index (χ1) is 8.61. The number of carbonyl (C=O) groups excluding carboxylic acids is 1. The van der Waals surface area contributed by atoms with Gasteiger partial charge in [-0.05, 0) is 19.9 Å². The van der Waals surface area contributed by atoms with Gasteiger partial charge in [0.1, 0.15) is 5.92 Å². The van der Waals surface area contributed by atoms with Gasteiger partial charge < -0.3 is 0 Å². The number of carbonyl (C=O) groups is 1. The summed E-state index contributed by atoms with van der Waals surface area (Å²) in [4.78, 5) is 20.8. The standard InChI is InChI=1S/C10H12F3N3O3/c1-6-3-7(2)16(14-6)9(17)4-8(5-15(18)19)10(11,12)13/h3,8H,4-5H2,1-2H3/t8-/m0/s1. The molecule has 0 saturated heterocycles. The van der Waals surface area contributed by atoms with Crippen molar-refractivity contribution in [1.82, 2.24) is 9.78 Å². The van der Waals surface area contributed by atoms with Gasteiger partial charge in [-0.3, -0.25) is 14.9 Å². The minimum atomic E-state index is -4.79. The first-order valence-corrected chi connectivity index (χ1v) is 5.36. The summed E-state index contributed by atoms with van der Waals surface area (Å²) in [5.41, 5.74) is 0.883. The number of hydrogen-bond acceptors (Lipinski definition) is 4. The van der Waals surface area contributed by atoms with E-state index < -0.39 is 35.9 Å². The Morgan fingerprint density at radius 1 is 1.53 bits per heavy atom. The van der Waals surface area contributed by atoms with E-state index in [2.05, 4.69) is 5.10 Å². The highest BCUT2D eigenvalue weighted by Crippen LogP contribution is 2.29. The molecule has 0 bridgehead atoms. The molecule has 1 aromatic heterocycles. The fourth-order valence-corrected chi connectivity index (χ4v) is 1.64. The number of hydrogen-bond donors (Lipinski definition) is 0. The summed E-state index contributed by atoms with van der Waals surface area (Å²) in [6.07, 6.45) is -5.79. The van der Waals surface area contributed by atoms with Crippen LogP contribution in [0.15, 0.2) is 6.07 Å². The molecule has 9 heteroatoms. The van der Waals surface area contributed by atoms with Gasteiger partial charge in [0.2, 0.25) is 12.5 Å². The Labute approximate surface area is 106 Å². The molecule has 0 unspecified atom stereocenters. The van der Waals surface area contributed by atoms with Gasteiger partial charge >= 0.3 is 6.18 Å². The number of alkyl halides is 3. The Hall–Kier alpha value is -1.93. The molecule has 1 aromatic rings. The first-order valence-electron chi connectivity index (χ1n) is 5.36. The lowest BCUT2D eigenvalue weighted by atomic mass is 10.1. The van der Waals surface area contributed by atoms with Crippen molar-refractivity contribution >= 4 is 5.91 Å². The van der Waals surface area contributed by atoms with Crippen LogP contribution in [0.25, 0.3) is 0 Å². The lowest BCUT2D eigenvalue weighted by Crippen LogP contribution is -2.33. The van der Waals surface area contributed by atoms with E-state index in [0.717, 1.165) is 4.68 Å². The lowest BCUT2D eigenvalue weighted by molar-refractivity contribution is -0.497. The molecule has 19 heavy (non-hydrogen) atoms. The van der Waals surface area contributed by atoms with Crippen LogP contribution in [0.2, 0.25) is 0 Å². The normalized spacial score (nSPS) is 13.3. The van der Waals surface area contributed by atoms with Crippen LogP contribution in [0.5, 0.6) is 0 Å². The van der Waals surface area contributed by atoms with Crippen LogP contribution in [-0.2, 0) is 0 Å². The number of nitro groups is 1. The van der Waals surface area contributed by atoms with Crippen molar-refractivity contribution in [3.63, 3.8) is 0 Å². The molecule has 6 nitrogen and oxygen atoms in total. The summed E-state index contributed by atoms with van der Waals surface area (Å²) in [6, 6.07) is 1.54. The highest BCUT2D eigenvalue weighted by molar-refractivity contribution is 5.79. The molecule has 1 atom stereocenters. The molecule has 106 valence electrons. The topological polar surface area (TPSA) is 78.0 Å². The third-order valence-electron chi connectivity index (χ3n) is 2.50. The van der Waals surface area contributed by atoms with Gasteiger partial charge in [0.05, 0.1) is 5.69 Å². The SMILES string of the molecule is Cc1cc(C)n(C(=O)C[C@@H](C[N+](=O)[O-])C(F)(F)F)n1. The van der Waals surface area contributed by atoms with Crippen LogP contribution in [-0.4, -0.2) is 33.3 Å². The van der Waals surface area contributed by atoms with Gasteiger partial charge in [-0.25, -0.2) is 4.68 Å². The molecule has 0 amide bonds. The summed E-state index contributed by atoms with van der Waals surface area (Å²) in [6.45, 7) is 1.79. The summed E-state index contributed by atoms with van der Waals surface area (Å²) in [5.74, 6) is -3.21. The Morgan fingerprint density at radius 2 is 2.11 bits per heavy atom. The van der Waals surface area contributed by atoms with Crippen molar-refractivity contribution < 1.29 is 22.9 Å². The van der Waals surface area contributed by atoms with Crippen molar-refractivity contribution in [2.75, 3.05) is 6.54 Å². The fourth-order valence-electron chi connectivity index (χ4n) is 1.64. The van der Waals surface area contributed by atoms with Crippen LogP contribution < -0.4 is 0 Å². The minimum Gasteiger partial charge on any atom is -0.273 e. The Bertz CT molecular complexity index is 496. The van der Waals surface area contributed by atoms with Crippen molar-refractivity contribution in [2.24, 2.45) is 5.92 Å². The second-order valence-corrected chi connectivity index (χ2v) is 4.19.